The van der Waals surface area contributed by atoms with Crippen molar-refractivity contribution in [2.45, 2.75) is 30.0 Å². The van der Waals surface area contributed by atoms with Gasteiger partial charge in [0.25, 0.3) is 0 Å². The number of aromatic nitrogens is 1. The number of hydrogen-bond donors (Lipinski definition) is 3. The number of fused-ring (bicyclic) bond motifs is 1. The maximum absolute atomic E-state index is 12.5. The fourth-order valence-electron chi connectivity index (χ4n) is 3.14. The molecule has 0 radical (unpaired) electrons. The molecule has 1 saturated carbocycles. The first-order chi connectivity index (χ1) is 12.4. The van der Waals surface area contributed by atoms with E-state index in [1.54, 1.807) is 18.2 Å². The molecule has 9 heteroatoms. The van der Waals surface area contributed by atoms with Crippen molar-refractivity contribution in [2.24, 2.45) is 11.8 Å². The average Bonchev–Trinajstić information content (AvgIpc) is 3.02. The minimum Gasteiger partial charge on any atom is -0.481 e. The molecule has 2 aromatic rings. The fraction of sp³-hybridized carbons (Fsp3) is 0.412. The molecule has 1 aliphatic rings. The number of thiazole rings is 1. The highest BCUT2D eigenvalue weighted by atomic mass is 32.2. The van der Waals surface area contributed by atoms with E-state index >= 15 is 0 Å². The highest BCUT2D eigenvalue weighted by Crippen LogP contribution is 2.33. The SMILES string of the molecule is O=C(O)CSc1nc2ccc(NC(=O)[C@@H]3CCCC[C@@H]3C(=O)O)cc2s1. The van der Waals surface area contributed by atoms with Crippen LogP contribution in [0.2, 0.25) is 0 Å². The van der Waals surface area contributed by atoms with Gasteiger partial charge in [-0.05, 0) is 31.0 Å². The molecule has 0 spiro atoms. The van der Waals surface area contributed by atoms with Crippen LogP contribution in [-0.2, 0) is 14.4 Å². The first-order valence-corrected chi connectivity index (χ1v) is 10.0. The quantitative estimate of drug-likeness (QED) is 0.644. The molecule has 1 amide bonds. The van der Waals surface area contributed by atoms with Gasteiger partial charge in [0.15, 0.2) is 4.34 Å². The molecule has 3 N–H and O–H groups in total. The predicted octanol–water partition coefficient (Wildman–Crippen LogP) is 3.30. The van der Waals surface area contributed by atoms with Gasteiger partial charge in [-0.1, -0.05) is 24.6 Å². The van der Waals surface area contributed by atoms with Crippen molar-refractivity contribution in [3.05, 3.63) is 18.2 Å². The maximum Gasteiger partial charge on any atom is 0.313 e. The Morgan fingerprint density at radius 3 is 2.62 bits per heavy atom. The number of carbonyl (C=O) groups is 3. The monoisotopic (exact) mass is 394 g/mol. The van der Waals surface area contributed by atoms with E-state index in [0.29, 0.717) is 22.9 Å². The summed E-state index contributed by atoms with van der Waals surface area (Å²) in [7, 11) is 0. The summed E-state index contributed by atoms with van der Waals surface area (Å²) >= 11 is 2.52. The number of nitrogens with zero attached hydrogens (tertiary/aromatic N) is 1. The van der Waals surface area contributed by atoms with E-state index in [9.17, 15) is 19.5 Å². The van der Waals surface area contributed by atoms with Crippen LogP contribution in [0, 0.1) is 11.8 Å². The first-order valence-electron chi connectivity index (χ1n) is 8.23. The molecule has 1 aromatic carbocycles. The molecule has 1 aliphatic carbocycles. The van der Waals surface area contributed by atoms with E-state index in [1.165, 1.54) is 11.3 Å². The van der Waals surface area contributed by atoms with Gasteiger partial charge in [-0.2, -0.15) is 0 Å². The lowest BCUT2D eigenvalue weighted by Gasteiger charge is -2.27. The van der Waals surface area contributed by atoms with Gasteiger partial charge in [0.2, 0.25) is 5.91 Å². The van der Waals surface area contributed by atoms with E-state index in [2.05, 4.69) is 10.3 Å². The highest BCUT2D eigenvalue weighted by Gasteiger charge is 2.35. The molecule has 0 unspecified atom stereocenters. The number of anilines is 1. The summed E-state index contributed by atoms with van der Waals surface area (Å²) in [6.07, 6.45) is 2.82. The van der Waals surface area contributed by atoms with Crippen LogP contribution in [0.25, 0.3) is 10.2 Å². The zero-order valence-electron chi connectivity index (χ0n) is 13.8. The van der Waals surface area contributed by atoms with Gasteiger partial charge < -0.3 is 15.5 Å². The number of benzene rings is 1. The predicted molar refractivity (Wildman–Crippen MR) is 99.7 cm³/mol. The number of hydrogen-bond acceptors (Lipinski definition) is 6. The molecule has 26 heavy (non-hydrogen) atoms. The summed E-state index contributed by atoms with van der Waals surface area (Å²) < 4.78 is 1.50. The van der Waals surface area contributed by atoms with Crippen molar-refractivity contribution in [3.8, 4) is 0 Å². The molecular weight excluding hydrogens is 376 g/mol. The topological polar surface area (TPSA) is 117 Å². The Morgan fingerprint density at radius 1 is 1.19 bits per heavy atom. The van der Waals surface area contributed by atoms with Crippen molar-refractivity contribution >= 4 is 56.8 Å². The Balaban J connectivity index is 1.72. The number of carbonyl (C=O) groups excluding carboxylic acids is 1. The van der Waals surface area contributed by atoms with Crippen LogP contribution in [-0.4, -0.2) is 38.8 Å². The second-order valence-corrected chi connectivity index (χ2v) is 8.42. The van der Waals surface area contributed by atoms with Crippen molar-refractivity contribution in [3.63, 3.8) is 0 Å². The third kappa shape index (κ3) is 4.34. The number of rotatable bonds is 6. The maximum atomic E-state index is 12.5. The van der Waals surface area contributed by atoms with Crippen molar-refractivity contribution < 1.29 is 24.6 Å². The lowest BCUT2D eigenvalue weighted by molar-refractivity contribution is -0.147. The third-order valence-electron chi connectivity index (χ3n) is 4.38. The third-order valence-corrected chi connectivity index (χ3v) is 6.52. The number of amides is 1. The summed E-state index contributed by atoms with van der Waals surface area (Å²) in [5.41, 5.74) is 1.33. The number of aliphatic carboxylic acids is 2. The molecule has 7 nitrogen and oxygen atoms in total. The smallest absolute Gasteiger partial charge is 0.313 e. The Labute approximate surface area is 157 Å². The average molecular weight is 394 g/mol. The second-order valence-electron chi connectivity index (χ2n) is 6.17. The summed E-state index contributed by atoms with van der Waals surface area (Å²) in [5.74, 6) is -3.27. The van der Waals surface area contributed by atoms with Gasteiger partial charge in [0.05, 0.1) is 27.8 Å². The summed E-state index contributed by atoms with van der Waals surface area (Å²) in [4.78, 5) is 38.9. The van der Waals surface area contributed by atoms with Crippen LogP contribution >= 0.6 is 23.1 Å². The van der Waals surface area contributed by atoms with Crippen LogP contribution in [0.5, 0.6) is 0 Å². The van der Waals surface area contributed by atoms with E-state index in [4.69, 9.17) is 5.11 Å². The molecule has 1 fully saturated rings. The van der Waals surface area contributed by atoms with Crippen LogP contribution in [0.1, 0.15) is 25.7 Å². The van der Waals surface area contributed by atoms with E-state index in [0.717, 1.165) is 34.8 Å². The Hall–Kier alpha value is -2.13. The summed E-state index contributed by atoms with van der Waals surface area (Å²) in [6, 6.07) is 5.28. The number of carboxylic acids is 2. The molecule has 1 heterocycles. The summed E-state index contributed by atoms with van der Waals surface area (Å²) in [6.45, 7) is 0. The van der Waals surface area contributed by atoms with Crippen molar-refractivity contribution in [2.75, 3.05) is 11.1 Å². The van der Waals surface area contributed by atoms with Gasteiger partial charge in [-0.3, -0.25) is 14.4 Å². The number of thioether (sulfide) groups is 1. The van der Waals surface area contributed by atoms with Crippen LogP contribution < -0.4 is 5.32 Å². The number of carboxylic acid groups (broad SMARTS) is 2. The van der Waals surface area contributed by atoms with E-state index in [1.807, 2.05) is 0 Å². The van der Waals surface area contributed by atoms with Crippen molar-refractivity contribution in [1.29, 1.82) is 0 Å². The lowest BCUT2D eigenvalue weighted by Crippen LogP contribution is -2.36. The zero-order chi connectivity index (χ0) is 18.7. The molecule has 0 aliphatic heterocycles. The molecule has 138 valence electrons. The second kappa shape index (κ2) is 8.05. The largest absolute Gasteiger partial charge is 0.481 e. The minimum atomic E-state index is -0.914. The first kappa shape index (κ1) is 18.7. The normalized spacial score (nSPS) is 20.0. The molecular formula is C17H18N2O5S2. The molecule has 3 rings (SSSR count). The Kier molecular flexibility index (Phi) is 5.77. The van der Waals surface area contributed by atoms with Crippen LogP contribution in [0.3, 0.4) is 0 Å². The lowest BCUT2D eigenvalue weighted by atomic mass is 9.78. The van der Waals surface area contributed by atoms with Gasteiger partial charge in [0.1, 0.15) is 0 Å². The van der Waals surface area contributed by atoms with Gasteiger partial charge in [-0.15, -0.1) is 11.3 Å². The molecule has 2 atom stereocenters. The van der Waals surface area contributed by atoms with Gasteiger partial charge in [0, 0.05) is 5.69 Å². The van der Waals surface area contributed by atoms with E-state index in [-0.39, 0.29) is 11.7 Å². The van der Waals surface area contributed by atoms with Crippen molar-refractivity contribution in [1.82, 2.24) is 4.98 Å². The van der Waals surface area contributed by atoms with Crippen LogP contribution in [0.4, 0.5) is 5.69 Å². The Morgan fingerprint density at radius 2 is 1.92 bits per heavy atom. The Bertz CT molecular complexity index is 851. The highest BCUT2D eigenvalue weighted by molar-refractivity contribution is 8.01. The molecule has 0 saturated heterocycles. The van der Waals surface area contributed by atoms with Crippen LogP contribution in [0.15, 0.2) is 22.5 Å². The summed E-state index contributed by atoms with van der Waals surface area (Å²) in [5, 5.41) is 20.9. The van der Waals surface area contributed by atoms with Gasteiger partial charge >= 0.3 is 11.9 Å². The fourth-order valence-corrected chi connectivity index (χ4v) is 4.97. The molecule has 0 bridgehead atoms. The minimum absolute atomic E-state index is 0.0539. The zero-order valence-corrected chi connectivity index (χ0v) is 15.4. The van der Waals surface area contributed by atoms with E-state index < -0.39 is 23.8 Å². The van der Waals surface area contributed by atoms with Gasteiger partial charge in [-0.25, -0.2) is 4.98 Å². The standard InChI is InChI=1S/C17H18N2O5S2/c20-14(21)8-25-17-19-12-6-5-9(7-13(12)26-17)18-15(22)10-3-1-2-4-11(10)16(23)24/h5-7,10-11H,1-4,8H2,(H,18,22)(H,20,21)(H,23,24)/t10-,11+/m1/s1. The molecule has 1 aromatic heterocycles. The number of nitrogens with one attached hydrogen (secondary N) is 1.